The molecule has 0 aromatic heterocycles. The number of hydrogen-bond donors (Lipinski definition) is 2. The van der Waals surface area contributed by atoms with Gasteiger partial charge in [0.2, 0.25) is 0 Å². The summed E-state index contributed by atoms with van der Waals surface area (Å²) in [5, 5.41) is 5.86. The summed E-state index contributed by atoms with van der Waals surface area (Å²) < 4.78 is 16.8. The molecule has 0 aliphatic carbocycles. The summed E-state index contributed by atoms with van der Waals surface area (Å²) >= 11 is 5.29. The zero-order valence-electron chi connectivity index (χ0n) is 17.2. The Bertz CT molecular complexity index is 994. The first-order valence-electron chi connectivity index (χ1n) is 9.90. The van der Waals surface area contributed by atoms with Gasteiger partial charge in [0.05, 0.1) is 12.3 Å². The molecule has 31 heavy (non-hydrogen) atoms. The number of anilines is 1. The summed E-state index contributed by atoms with van der Waals surface area (Å²) in [4.78, 5) is 12.4. The lowest BCUT2D eigenvalue weighted by Gasteiger charge is -2.15. The van der Waals surface area contributed by atoms with E-state index in [0.717, 1.165) is 5.75 Å². The van der Waals surface area contributed by atoms with Crippen molar-refractivity contribution in [3.63, 3.8) is 0 Å². The zero-order chi connectivity index (χ0) is 21.9. The Morgan fingerprint density at radius 2 is 1.45 bits per heavy atom. The van der Waals surface area contributed by atoms with Crippen LogP contribution in [0.5, 0.6) is 17.2 Å². The van der Waals surface area contributed by atoms with Crippen molar-refractivity contribution in [1.82, 2.24) is 5.32 Å². The van der Waals surface area contributed by atoms with Crippen molar-refractivity contribution in [1.29, 1.82) is 0 Å². The summed E-state index contributed by atoms with van der Waals surface area (Å²) in [6, 6.07) is 23.8. The van der Waals surface area contributed by atoms with E-state index in [1.807, 2.05) is 61.5 Å². The van der Waals surface area contributed by atoms with Crippen LogP contribution < -0.4 is 24.8 Å². The summed E-state index contributed by atoms with van der Waals surface area (Å²) in [6.45, 7) is 3.23. The molecular formula is C24H24N2O4S. The molecule has 0 atom stereocenters. The van der Waals surface area contributed by atoms with Gasteiger partial charge in [-0.25, -0.2) is 0 Å². The Balaban J connectivity index is 1.50. The van der Waals surface area contributed by atoms with E-state index < -0.39 is 0 Å². The number of amides is 1. The smallest absolute Gasteiger partial charge is 0.257 e. The molecule has 0 aliphatic heterocycles. The molecule has 3 aromatic carbocycles. The Hall–Kier alpha value is -3.58. The van der Waals surface area contributed by atoms with Gasteiger partial charge in [0.1, 0.15) is 30.5 Å². The lowest BCUT2D eigenvalue weighted by molar-refractivity contribution is 0.0977. The fraction of sp³-hybridized carbons (Fsp3) is 0.167. The number of carbonyl (C=O) groups is 1. The number of thiocarbonyl (C=S) groups is 1. The van der Waals surface area contributed by atoms with Crippen molar-refractivity contribution in [3.05, 3.63) is 84.4 Å². The third kappa shape index (κ3) is 7.01. The number of benzene rings is 3. The normalized spacial score (nSPS) is 10.1. The van der Waals surface area contributed by atoms with Gasteiger partial charge >= 0.3 is 0 Å². The lowest BCUT2D eigenvalue weighted by Crippen LogP contribution is -2.34. The van der Waals surface area contributed by atoms with Gasteiger partial charge in [-0.3, -0.25) is 10.1 Å². The minimum absolute atomic E-state index is 0.176. The molecule has 0 saturated carbocycles. The molecule has 0 bridgehead atoms. The number of carbonyl (C=O) groups excluding carboxylic acids is 1. The predicted molar refractivity (Wildman–Crippen MR) is 125 cm³/mol. The standard InChI is InChI=1S/C24H24N2O4S/c1-2-28-20-14-12-18(13-15-20)23(27)26-24(31)25-21-10-6-7-11-22(21)30-17-16-29-19-8-4-3-5-9-19/h3-15H,2,16-17H2,1H3,(H2,25,26,27,31). The lowest BCUT2D eigenvalue weighted by atomic mass is 10.2. The number of para-hydroxylation sites is 3. The molecule has 0 heterocycles. The van der Waals surface area contributed by atoms with E-state index >= 15 is 0 Å². The van der Waals surface area contributed by atoms with E-state index in [2.05, 4.69) is 10.6 Å². The van der Waals surface area contributed by atoms with Crippen LogP contribution in [0.15, 0.2) is 78.9 Å². The van der Waals surface area contributed by atoms with E-state index in [1.165, 1.54) is 0 Å². The highest BCUT2D eigenvalue weighted by atomic mass is 32.1. The van der Waals surface area contributed by atoms with Crippen molar-refractivity contribution in [2.45, 2.75) is 6.92 Å². The Morgan fingerprint density at radius 1 is 0.806 bits per heavy atom. The van der Waals surface area contributed by atoms with Crippen molar-refractivity contribution in [2.75, 3.05) is 25.1 Å². The third-order valence-electron chi connectivity index (χ3n) is 4.14. The topological polar surface area (TPSA) is 68.8 Å². The second-order valence-corrected chi connectivity index (χ2v) is 6.78. The quantitative estimate of drug-likeness (QED) is 0.375. The van der Waals surface area contributed by atoms with E-state index in [4.69, 9.17) is 26.4 Å². The molecule has 6 nitrogen and oxygen atoms in total. The molecule has 0 fully saturated rings. The van der Waals surface area contributed by atoms with Gasteiger partial charge in [0, 0.05) is 5.56 Å². The molecular weight excluding hydrogens is 412 g/mol. The zero-order valence-corrected chi connectivity index (χ0v) is 18.0. The molecule has 0 radical (unpaired) electrons. The molecule has 7 heteroatoms. The van der Waals surface area contributed by atoms with Gasteiger partial charge in [-0.2, -0.15) is 0 Å². The Kier molecular flexibility index (Phi) is 8.25. The van der Waals surface area contributed by atoms with Crippen molar-refractivity contribution in [3.8, 4) is 17.2 Å². The van der Waals surface area contributed by atoms with Gasteiger partial charge in [0.15, 0.2) is 5.11 Å². The van der Waals surface area contributed by atoms with Crippen LogP contribution in [0.4, 0.5) is 5.69 Å². The molecule has 0 unspecified atom stereocenters. The highest BCUT2D eigenvalue weighted by Gasteiger charge is 2.10. The maximum atomic E-state index is 12.4. The van der Waals surface area contributed by atoms with Gasteiger partial charge in [-0.1, -0.05) is 30.3 Å². The van der Waals surface area contributed by atoms with Gasteiger partial charge < -0.3 is 19.5 Å². The van der Waals surface area contributed by atoms with E-state index in [1.54, 1.807) is 24.3 Å². The van der Waals surface area contributed by atoms with Crippen molar-refractivity contribution in [2.24, 2.45) is 0 Å². The summed E-state index contributed by atoms with van der Waals surface area (Å²) in [5.41, 5.74) is 1.13. The van der Waals surface area contributed by atoms with Crippen LogP contribution in [0.3, 0.4) is 0 Å². The third-order valence-corrected chi connectivity index (χ3v) is 4.35. The molecule has 0 aliphatic rings. The number of nitrogens with one attached hydrogen (secondary N) is 2. The van der Waals surface area contributed by atoms with E-state index in [9.17, 15) is 4.79 Å². The highest BCUT2D eigenvalue weighted by molar-refractivity contribution is 7.80. The monoisotopic (exact) mass is 436 g/mol. The predicted octanol–water partition coefficient (Wildman–Crippen LogP) is 4.67. The average molecular weight is 437 g/mol. The van der Waals surface area contributed by atoms with Gasteiger partial charge in [0.25, 0.3) is 5.91 Å². The molecule has 160 valence electrons. The van der Waals surface area contributed by atoms with E-state index in [0.29, 0.717) is 42.6 Å². The highest BCUT2D eigenvalue weighted by Crippen LogP contribution is 2.23. The summed E-state index contributed by atoms with van der Waals surface area (Å²) in [5.74, 6) is 1.80. The van der Waals surface area contributed by atoms with Crippen LogP contribution in [-0.2, 0) is 0 Å². The van der Waals surface area contributed by atoms with Crippen LogP contribution >= 0.6 is 12.2 Å². The molecule has 0 spiro atoms. The number of rotatable bonds is 9. The maximum Gasteiger partial charge on any atom is 0.257 e. The maximum absolute atomic E-state index is 12.4. The first kappa shape index (κ1) is 22.1. The largest absolute Gasteiger partial charge is 0.494 e. The molecule has 2 N–H and O–H groups in total. The number of hydrogen-bond acceptors (Lipinski definition) is 5. The van der Waals surface area contributed by atoms with Crippen molar-refractivity contribution < 1.29 is 19.0 Å². The Labute approximate surface area is 187 Å². The van der Waals surface area contributed by atoms with Crippen molar-refractivity contribution >= 4 is 28.9 Å². The van der Waals surface area contributed by atoms with E-state index in [-0.39, 0.29) is 11.0 Å². The summed E-state index contributed by atoms with van der Waals surface area (Å²) in [7, 11) is 0. The second kappa shape index (κ2) is 11.6. The SMILES string of the molecule is CCOc1ccc(C(=O)NC(=S)Nc2ccccc2OCCOc2ccccc2)cc1. The van der Waals surface area contributed by atoms with Crippen LogP contribution in [0, 0.1) is 0 Å². The van der Waals surface area contributed by atoms with Gasteiger partial charge in [-0.05, 0) is 67.7 Å². The molecule has 1 amide bonds. The fourth-order valence-corrected chi connectivity index (χ4v) is 2.92. The number of ether oxygens (including phenoxy) is 3. The van der Waals surface area contributed by atoms with Crippen LogP contribution in [0.25, 0.3) is 0 Å². The van der Waals surface area contributed by atoms with Crippen LogP contribution in [0.1, 0.15) is 17.3 Å². The fourth-order valence-electron chi connectivity index (χ4n) is 2.72. The average Bonchev–Trinajstić information content (AvgIpc) is 2.79. The first-order chi connectivity index (χ1) is 15.2. The molecule has 3 rings (SSSR count). The minimum Gasteiger partial charge on any atom is -0.494 e. The summed E-state index contributed by atoms with van der Waals surface area (Å²) in [6.07, 6.45) is 0. The Morgan fingerprint density at radius 3 is 2.19 bits per heavy atom. The van der Waals surface area contributed by atoms with Crippen LogP contribution in [0.2, 0.25) is 0 Å². The molecule has 0 saturated heterocycles. The molecule has 3 aromatic rings. The minimum atomic E-state index is -0.310. The van der Waals surface area contributed by atoms with Gasteiger partial charge in [-0.15, -0.1) is 0 Å². The first-order valence-corrected chi connectivity index (χ1v) is 10.3. The second-order valence-electron chi connectivity index (χ2n) is 6.37. The van der Waals surface area contributed by atoms with Crippen LogP contribution in [-0.4, -0.2) is 30.8 Å².